The first-order valence-corrected chi connectivity index (χ1v) is 6.50. The number of rotatable bonds is 3. The van der Waals surface area contributed by atoms with Gasteiger partial charge in [0.15, 0.2) is 5.71 Å². The molecule has 2 amide bonds. The second-order valence-corrected chi connectivity index (χ2v) is 4.83. The third-order valence-corrected chi connectivity index (χ3v) is 3.64. The zero-order chi connectivity index (χ0) is 16.7. The third kappa shape index (κ3) is 2.03. The van der Waals surface area contributed by atoms with Crippen molar-refractivity contribution in [2.75, 3.05) is 12.0 Å². The van der Waals surface area contributed by atoms with Gasteiger partial charge in [-0.15, -0.1) is 0 Å². The molecule has 0 radical (unpaired) electrons. The van der Waals surface area contributed by atoms with E-state index in [1.165, 1.54) is 24.3 Å². The second-order valence-electron chi connectivity index (χ2n) is 4.83. The summed E-state index contributed by atoms with van der Waals surface area (Å²) in [6.07, 6.45) is 0. The molecule has 2 aliphatic heterocycles. The summed E-state index contributed by atoms with van der Waals surface area (Å²) in [6, 6.07) is 4.31. The number of ether oxygens (including phenoxy) is 1. The fourth-order valence-electron chi connectivity index (χ4n) is 2.61. The lowest BCUT2D eigenvalue weighted by Gasteiger charge is -2.15. The van der Waals surface area contributed by atoms with Crippen molar-refractivity contribution in [2.45, 2.75) is 6.04 Å². The van der Waals surface area contributed by atoms with Crippen LogP contribution in [0.4, 0.5) is 11.4 Å². The Labute approximate surface area is 128 Å². The van der Waals surface area contributed by atoms with Crippen molar-refractivity contribution >= 4 is 34.9 Å². The van der Waals surface area contributed by atoms with Crippen molar-refractivity contribution in [3.63, 3.8) is 0 Å². The zero-order valence-electron chi connectivity index (χ0n) is 11.8. The maximum absolute atomic E-state index is 12.6. The molecule has 10 nitrogen and oxygen atoms in total. The molecule has 0 aliphatic carbocycles. The fourth-order valence-corrected chi connectivity index (χ4v) is 2.61. The smallest absolute Gasteiger partial charge is 0.355 e. The highest BCUT2D eigenvalue weighted by atomic mass is 16.6. The number of methoxy groups -OCH3 is 1. The summed E-state index contributed by atoms with van der Waals surface area (Å²) in [5.74, 6) is -3.47. The van der Waals surface area contributed by atoms with Crippen LogP contribution in [0.2, 0.25) is 0 Å². The summed E-state index contributed by atoms with van der Waals surface area (Å²) in [6.45, 7) is 0. The number of anilines is 1. The van der Waals surface area contributed by atoms with Crippen LogP contribution in [0, 0.1) is 16.0 Å². The summed E-state index contributed by atoms with van der Waals surface area (Å²) in [4.78, 5) is 47.7. The molecule has 2 heterocycles. The molecule has 0 unspecified atom stereocenters. The highest BCUT2D eigenvalue weighted by Gasteiger charge is 2.56. The Hall–Kier alpha value is -3.30. The zero-order valence-corrected chi connectivity index (χ0v) is 11.8. The monoisotopic (exact) mass is 318 g/mol. The molecular formula is C13H10N4O6. The summed E-state index contributed by atoms with van der Waals surface area (Å²) in [5, 5.41) is 14.8. The number of esters is 1. The molecule has 3 rings (SSSR count). The molecule has 1 aromatic carbocycles. The average Bonchev–Trinajstić information content (AvgIpc) is 3.08. The Balaban J connectivity index is 2.03. The number of nitro benzene ring substituents is 1. The number of carbonyl (C=O) groups is 3. The number of hydrogen-bond acceptors (Lipinski definition) is 8. The van der Waals surface area contributed by atoms with E-state index in [4.69, 9.17) is 0 Å². The van der Waals surface area contributed by atoms with Crippen LogP contribution >= 0.6 is 0 Å². The number of fused-ring (bicyclic) bond motifs is 1. The van der Waals surface area contributed by atoms with Crippen LogP contribution in [0.1, 0.15) is 0 Å². The van der Waals surface area contributed by atoms with E-state index < -0.39 is 34.7 Å². The van der Waals surface area contributed by atoms with Crippen LogP contribution in [-0.4, -0.2) is 41.6 Å². The summed E-state index contributed by atoms with van der Waals surface area (Å²) in [5.41, 5.74) is 1.66. The first-order valence-electron chi connectivity index (χ1n) is 6.50. The maximum Gasteiger partial charge on any atom is 0.355 e. The summed E-state index contributed by atoms with van der Waals surface area (Å²) in [7, 11) is 1.12. The average molecular weight is 318 g/mol. The van der Waals surface area contributed by atoms with E-state index in [9.17, 15) is 24.5 Å². The molecular weight excluding hydrogens is 308 g/mol. The molecule has 0 aromatic heterocycles. The summed E-state index contributed by atoms with van der Waals surface area (Å²) < 4.78 is 4.53. The van der Waals surface area contributed by atoms with Crippen LogP contribution in [0.3, 0.4) is 0 Å². The fraction of sp³-hybridized carbons (Fsp3) is 0.231. The number of hydrogen-bond donors (Lipinski definition) is 1. The third-order valence-electron chi connectivity index (χ3n) is 3.64. The van der Waals surface area contributed by atoms with E-state index in [1.807, 2.05) is 0 Å². The minimum Gasteiger partial charge on any atom is -0.464 e. The predicted molar refractivity (Wildman–Crippen MR) is 75.5 cm³/mol. The molecule has 2 aliphatic rings. The first kappa shape index (κ1) is 14.6. The largest absolute Gasteiger partial charge is 0.464 e. The molecule has 0 saturated carbocycles. The SMILES string of the molecule is COC(=O)C1=NN[C@@H]2C(=O)N(c3ccccc3[N+](=O)[O-])C(=O)[C@@H]12. The van der Waals surface area contributed by atoms with Crippen LogP contribution < -0.4 is 10.3 Å². The van der Waals surface area contributed by atoms with Gasteiger partial charge in [-0.3, -0.25) is 25.1 Å². The minimum absolute atomic E-state index is 0.145. The van der Waals surface area contributed by atoms with Crippen molar-refractivity contribution in [2.24, 2.45) is 11.0 Å². The molecule has 118 valence electrons. The van der Waals surface area contributed by atoms with Crippen molar-refractivity contribution in [3.05, 3.63) is 34.4 Å². The number of nitrogens with one attached hydrogen (secondary N) is 1. The van der Waals surface area contributed by atoms with E-state index >= 15 is 0 Å². The van der Waals surface area contributed by atoms with E-state index in [2.05, 4.69) is 15.3 Å². The van der Waals surface area contributed by atoms with Gasteiger partial charge in [-0.2, -0.15) is 5.10 Å². The number of nitrogens with zero attached hydrogens (tertiary/aromatic N) is 3. The lowest BCUT2D eigenvalue weighted by molar-refractivity contribution is -0.384. The summed E-state index contributed by atoms with van der Waals surface area (Å²) >= 11 is 0. The highest BCUT2D eigenvalue weighted by Crippen LogP contribution is 2.35. The first-order chi connectivity index (χ1) is 11.0. The number of hydrazone groups is 1. The van der Waals surface area contributed by atoms with Crippen LogP contribution in [0.15, 0.2) is 29.4 Å². The van der Waals surface area contributed by atoms with Crippen LogP contribution in [-0.2, 0) is 19.1 Å². The van der Waals surface area contributed by atoms with Crippen LogP contribution in [0.5, 0.6) is 0 Å². The van der Waals surface area contributed by atoms with Crippen molar-refractivity contribution in [1.82, 2.24) is 5.43 Å². The van der Waals surface area contributed by atoms with Crippen molar-refractivity contribution in [3.8, 4) is 0 Å². The van der Waals surface area contributed by atoms with Gasteiger partial charge in [0.25, 0.3) is 11.6 Å². The van der Waals surface area contributed by atoms with Crippen LogP contribution in [0.25, 0.3) is 0 Å². The van der Waals surface area contributed by atoms with Crippen molar-refractivity contribution < 1.29 is 24.0 Å². The lowest BCUT2D eigenvalue weighted by Crippen LogP contribution is -2.36. The Morgan fingerprint density at radius 2 is 2.04 bits per heavy atom. The number of benzene rings is 1. The number of imide groups is 1. The Morgan fingerprint density at radius 1 is 1.35 bits per heavy atom. The molecule has 23 heavy (non-hydrogen) atoms. The predicted octanol–water partition coefficient (Wildman–Crippen LogP) is -0.415. The number of nitro groups is 1. The van der Waals surface area contributed by atoms with Gasteiger partial charge in [0.1, 0.15) is 17.6 Å². The normalized spacial score (nSPS) is 22.5. The van der Waals surface area contributed by atoms with Gasteiger partial charge in [-0.05, 0) is 6.07 Å². The molecule has 1 N–H and O–H groups in total. The van der Waals surface area contributed by atoms with Gasteiger partial charge in [-0.1, -0.05) is 12.1 Å². The Kier molecular flexibility index (Phi) is 3.28. The van der Waals surface area contributed by atoms with Gasteiger partial charge in [0.2, 0.25) is 5.91 Å². The Bertz CT molecular complexity index is 773. The van der Waals surface area contributed by atoms with Gasteiger partial charge >= 0.3 is 5.97 Å². The van der Waals surface area contributed by atoms with Gasteiger partial charge in [0.05, 0.1) is 12.0 Å². The van der Waals surface area contributed by atoms with Crippen molar-refractivity contribution in [1.29, 1.82) is 0 Å². The molecule has 0 spiro atoms. The highest BCUT2D eigenvalue weighted by molar-refractivity contribution is 6.46. The number of amides is 2. The molecule has 0 bridgehead atoms. The maximum atomic E-state index is 12.6. The topological polar surface area (TPSA) is 131 Å². The second kappa shape index (κ2) is 5.16. The molecule has 10 heteroatoms. The molecule has 1 saturated heterocycles. The molecule has 1 aromatic rings. The Morgan fingerprint density at radius 3 is 2.70 bits per heavy atom. The van der Waals surface area contributed by atoms with E-state index in [1.54, 1.807) is 0 Å². The van der Waals surface area contributed by atoms with E-state index in [0.29, 0.717) is 4.90 Å². The quantitative estimate of drug-likeness (QED) is 0.346. The van der Waals surface area contributed by atoms with E-state index in [0.717, 1.165) is 7.11 Å². The number of para-hydroxylation sites is 2. The molecule has 2 atom stereocenters. The van der Waals surface area contributed by atoms with Gasteiger partial charge < -0.3 is 4.74 Å². The van der Waals surface area contributed by atoms with Gasteiger partial charge in [-0.25, -0.2) is 9.69 Å². The van der Waals surface area contributed by atoms with E-state index in [-0.39, 0.29) is 17.1 Å². The minimum atomic E-state index is -1.16. The van der Waals surface area contributed by atoms with Gasteiger partial charge in [0, 0.05) is 6.07 Å². The number of carbonyl (C=O) groups excluding carboxylic acids is 3. The standard InChI is InChI=1S/C13H10N4O6/c1-23-13(20)10-8-9(14-15-10)12(19)16(11(8)18)6-4-2-3-5-7(6)17(21)22/h2-5,8-9,14H,1H3/t8-,9+/m1/s1. The lowest BCUT2D eigenvalue weighted by atomic mass is 9.99. The molecule has 1 fully saturated rings.